The van der Waals surface area contributed by atoms with E-state index in [1.165, 1.54) is 37.9 Å². The van der Waals surface area contributed by atoms with Gasteiger partial charge in [-0.2, -0.15) is 0 Å². The second-order valence-electron chi connectivity index (χ2n) is 7.32. The fraction of sp³-hybridized carbons (Fsp3) is 0.238. The molecule has 0 aliphatic heterocycles. The summed E-state index contributed by atoms with van der Waals surface area (Å²) in [6.07, 6.45) is 1.11. The SMILES string of the molecule is CC(C)(C)Cc1ccc2ccc3cccc4ccc1c2c34. The van der Waals surface area contributed by atoms with Gasteiger partial charge in [0, 0.05) is 0 Å². The molecule has 0 amide bonds. The van der Waals surface area contributed by atoms with Crippen molar-refractivity contribution >= 4 is 32.3 Å². The van der Waals surface area contributed by atoms with E-state index in [9.17, 15) is 0 Å². The Kier molecular flexibility index (Phi) is 2.53. The fourth-order valence-electron chi connectivity index (χ4n) is 3.52. The van der Waals surface area contributed by atoms with Crippen LogP contribution in [0.2, 0.25) is 0 Å². The molecule has 0 aliphatic rings. The van der Waals surface area contributed by atoms with Gasteiger partial charge < -0.3 is 0 Å². The summed E-state index contributed by atoms with van der Waals surface area (Å²) in [6, 6.07) is 20.3. The number of hydrogen-bond donors (Lipinski definition) is 0. The van der Waals surface area contributed by atoms with E-state index in [-0.39, 0.29) is 0 Å². The molecule has 21 heavy (non-hydrogen) atoms. The van der Waals surface area contributed by atoms with Crippen molar-refractivity contribution in [3.05, 3.63) is 60.2 Å². The van der Waals surface area contributed by atoms with Crippen LogP contribution in [0.15, 0.2) is 54.6 Å². The second-order valence-corrected chi connectivity index (χ2v) is 7.32. The molecule has 0 saturated carbocycles. The lowest BCUT2D eigenvalue weighted by Crippen LogP contribution is -2.09. The Morgan fingerprint density at radius 3 is 1.90 bits per heavy atom. The van der Waals surface area contributed by atoms with Gasteiger partial charge >= 0.3 is 0 Å². The molecule has 4 rings (SSSR count). The number of rotatable bonds is 1. The predicted octanol–water partition coefficient (Wildman–Crippen LogP) is 6.17. The maximum Gasteiger partial charge on any atom is -0.00240 e. The Bertz CT molecular complexity index is 923. The Balaban J connectivity index is 2.15. The molecule has 0 unspecified atom stereocenters. The van der Waals surface area contributed by atoms with Crippen molar-refractivity contribution < 1.29 is 0 Å². The maximum absolute atomic E-state index is 2.31. The van der Waals surface area contributed by atoms with Crippen LogP contribution < -0.4 is 0 Å². The van der Waals surface area contributed by atoms with E-state index in [0.29, 0.717) is 5.41 Å². The van der Waals surface area contributed by atoms with E-state index in [2.05, 4.69) is 75.4 Å². The topological polar surface area (TPSA) is 0 Å². The van der Waals surface area contributed by atoms with Crippen molar-refractivity contribution in [2.75, 3.05) is 0 Å². The number of hydrogen-bond acceptors (Lipinski definition) is 0. The quantitative estimate of drug-likeness (QED) is 0.363. The molecule has 0 fully saturated rings. The van der Waals surface area contributed by atoms with Crippen LogP contribution in [-0.2, 0) is 6.42 Å². The highest BCUT2D eigenvalue weighted by atomic mass is 14.2. The summed E-state index contributed by atoms with van der Waals surface area (Å²) in [5.41, 5.74) is 1.77. The van der Waals surface area contributed by atoms with E-state index in [1.54, 1.807) is 0 Å². The van der Waals surface area contributed by atoms with E-state index >= 15 is 0 Å². The predicted molar refractivity (Wildman–Crippen MR) is 93.3 cm³/mol. The smallest absolute Gasteiger partial charge is 0.00240 e. The molecule has 0 aromatic heterocycles. The molecule has 0 bridgehead atoms. The third-order valence-electron chi connectivity index (χ3n) is 4.34. The molecular weight excluding hydrogens is 252 g/mol. The van der Waals surface area contributed by atoms with E-state index in [1.807, 2.05) is 0 Å². The molecule has 0 radical (unpaired) electrons. The molecule has 4 aromatic rings. The Morgan fingerprint density at radius 1 is 0.667 bits per heavy atom. The summed E-state index contributed by atoms with van der Waals surface area (Å²) in [6.45, 7) is 6.93. The first-order valence-electron chi connectivity index (χ1n) is 7.68. The zero-order valence-corrected chi connectivity index (χ0v) is 12.9. The van der Waals surface area contributed by atoms with Gasteiger partial charge in [0.15, 0.2) is 0 Å². The normalized spacial score (nSPS) is 12.7. The van der Waals surface area contributed by atoms with Gasteiger partial charge in [0.25, 0.3) is 0 Å². The van der Waals surface area contributed by atoms with Gasteiger partial charge in [-0.15, -0.1) is 0 Å². The molecule has 0 saturated heterocycles. The Morgan fingerprint density at radius 2 is 1.24 bits per heavy atom. The van der Waals surface area contributed by atoms with Crippen LogP contribution in [0.5, 0.6) is 0 Å². The second kappa shape index (κ2) is 4.21. The summed E-state index contributed by atoms with van der Waals surface area (Å²) >= 11 is 0. The summed E-state index contributed by atoms with van der Waals surface area (Å²) in [5.74, 6) is 0. The van der Waals surface area contributed by atoms with Gasteiger partial charge in [-0.05, 0) is 49.7 Å². The zero-order valence-electron chi connectivity index (χ0n) is 12.9. The standard InChI is InChI=1S/C21H20/c1-21(2,3)13-17-10-9-16-8-7-14-5-4-6-15-11-12-18(17)20(16)19(14)15/h4-12H,13H2,1-3H3. The molecule has 0 heterocycles. The van der Waals surface area contributed by atoms with Crippen LogP contribution in [0.1, 0.15) is 26.3 Å². The lowest BCUT2D eigenvalue weighted by molar-refractivity contribution is 0.412. The van der Waals surface area contributed by atoms with E-state index in [0.717, 1.165) is 6.42 Å². The van der Waals surface area contributed by atoms with Crippen LogP contribution in [0.4, 0.5) is 0 Å². The average molecular weight is 272 g/mol. The zero-order chi connectivity index (χ0) is 14.6. The highest BCUT2D eigenvalue weighted by Gasteiger charge is 2.15. The molecule has 0 spiro atoms. The lowest BCUT2D eigenvalue weighted by atomic mass is 9.84. The highest BCUT2D eigenvalue weighted by molar-refractivity contribution is 6.23. The highest BCUT2D eigenvalue weighted by Crippen LogP contribution is 2.37. The molecule has 0 nitrogen and oxygen atoms in total. The lowest BCUT2D eigenvalue weighted by Gasteiger charge is -2.21. The minimum atomic E-state index is 0.308. The molecule has 104 valence electrons. The molecule has 4 aromatic carbocycles. The molecule has 0 N–H and O–H groups in total. The van der Waals surface area contributed by atoms with E-state index in [4.69, 9.17) is 0 Å². The average Bonchev–Trinajstić information content (AvgIpc) is 2.45. The third-order valence-corrected chi connectivity index (χ3v) is 4.34. The molecule has 0 aliphatic carbocycles. The summed E-state index contributed by atoms with van der Waals surface area (Å²) in [4.78, 5) is 0. The van der Waals surface area contributed by atoms with Gasteiger partial charge in [0.2, 0.25) is 0 Å². The van der Waals surface area contributed by atoms with Crippen LogP contribution in [0, 0.1) is 5.41 Å². The summed E-state index contributed by atoms with van der Waals surface area (Å²) in [5, 5.41) is 8.33. The van der Waals surface area contributed by atoms with Crippen molar-refractivity contribution in [3.63, 3.8) is 0 Å². The van der Waals surface area contributed by atoms with Crippen molar-refractivity contribution in [2.24, 2.45) is 5.41 Å². The van der Waals surface area contributed by atoms with Gasteiger partial charge in [-0.3, -0.25) is 0 Å². The first-order valence-corrected chi connectivity index (χ1v) is 7.68. The Labute approximate surface area is 125 Å². The minimum absolute atomic E-state index is 0.308. The van der Waals surface area contributed by atoms with Gasteiger partial charge in [0.05, 0.1) is 0 Å². The first kappa shape index (κ1) is 12.6. The van der Waals surface area contributed by atoms with Crippen LogP contribution >= 0.6 is 0 Å². The monoisotopic (exact) mass is 272 g/mol. The van der Waals surface area contributed by atoms with Gasteiger partial charge in [-0.1, -0.05) is 75.4 Å². The van der Waals surface area contributed by atoms with E-state index < -0.39 is 0 Å². The van der Waals surface area contributed by atoms with Crippen molar-refractivity contribution in [1.82, 2.24) is 0 Å². The fourth-order valence-corrected chi connectivity index (χ4v) is 3.52. The Hall–Kier alpha value is -2.08. The third kappa shape index (κ3) is 1.98. The number of benzene rings is 4. The van der Waals surface area contributed by atoms with Crippen molar-refractivity contribution in [2.45, 2.75) is 27.2 Å². The van der Waals surface area contributed by atoms with Crippen LogP contribution in [0.25, 0.3) is 32.3 Å². The molecule has 0 atom stereocenters. The minimum Gasteiger partial charge on any atom is -0.0610 e. The van der Waals surface area contributed by atoms with Crippen LogP contribution in [0.3, 0.4) is 0 Å². The van der Waals surface area contributed by atoms with Crippen LogP contribution in [-0.4, -0.2) is 0 Å². The largest absolute Gasteiger partial charge is 0.0610 e. The molecular formula is C21H20. The maximum atomic E-state index is 2.31. The van der Waals surface area contributed by atoms with Gasteiger partial charge in [-0.25, -0.2) is 0 Å². The summed E-state index contributed by atoms with van der Waals surface area (Å²) < 4.78 is 0. The van der Waals surface area contributed by atoms with Crippen molar-refractivity contribution in [1.29, 1.82) is 0 Å². The molecule has 0 heteroatoms. The summed E-state index contributed by atoms with van der Waals surface area (Å²) in [7, 11) is 0. The van der Waals surface area contributed by atoms with Crippen molar-refractivity contribution in [3.8, 4) is 0 Å². The first-order chi connectivity index (χ1) is 10.0. The van der Waals surface area contributed by atoms with Gasteiger partial charge in [0.1, 0.15) is 0 Å².